The number of rotatable bonds is 4. The first-order valence-corrected chi connectivity index (χ1v) is 6.33. The Morgan fingerprint density at radius 3 is 2.74 bits per heavy atom. The molecule has 2 aromatic rings. The Balaban J connectivity index is 2.38. The highest BCUT2D eigenvalue weighted by Crippen LogP contribution is 2.32. The third kappa shape index (κ3) is 2.72. The first kappa shape index (κ1) is 13.8. The van der Waals surface area contributed by atoms with E-state index in [1.54, 1.807) is 25.3 Å². The molecule has 0 amide bonds. The van der Waals surface area contributed by atoms with E-state index >= 15 is 0 Å². The fourth-order valence-electron chi connectivity index (χ4n) is 1.86. The molecule has 0 fully saturated rings. The summed E-state index contributed by atoms with van der Waals surface area (Å²) < 4.78 is 10.6. The lowest BCUT2D eigenvalue weighted by atomic mass is 10.1. The van der Waals surface area contributed by atoms with Crippen molar-refractivity contribution in [1.29, 1.82) is 0 Å². The number of ether oxygens (including phenoxy) is 1. The Morgan fingerprint density at radius 2 is 2.11 bits per heavy atom. The summed E-state index contributed by atoms with van der Waals surface area (Å²) in [6, 6.07) is 5.29. The number of anilines is 1. The predicted octanol–water partition coefficient (Wildman–Crippen LogP) is 3.32. The first-order chi connectivity index (χ1) is 9.04. The zero-order valence-electron chi connectivity index (χ0n) is 11.1. The number of halogens is 1. The Morgan fingerprint density at radius 1 is 1.37 bits per heavy atom. The molecule has 2 rings (SSSR count). The number of nitrogen functional groups attached to an aromatic ring is 1. The number of hydrogen-bond acceptors (Lipinski definition) is 5. The maximum atomic E-state index is 5.97. The smallest absolute Gasteiger partial charge is 0.260 e. The molecule has 0 saturated heterocycles. The standard InChI is InChI=1S/C13H16ClN3O2/c1-7(2)11(18-3)12-16-13(19-17-12)8-5-4-6-9(14)10(8)15/h4-7,11H,15H2,1-3H3. The van der Waals surface area contributed by atoms with E-state index < -0.39 is 0 Å². The van der Waals surface area contributed by atoms with Crippen molar-refractivity contribution in [2.24, 2.45) is 5.92 Å². The summed E-state index contributed by atoms with van der Waals surface area (Å²) in [6.07, 6.45) is -0.210. The molecule has 0 spiro atoms. The van der Waals surface area contributed by atoms with Crippen LogP contribution in [0, 0.1) is 5.92 Å². The molecule has 102 valence electrons. The minimum Gasteiger partial charge on any atom is -0.397 e. The van der Waals surface area contributed by atoms with Crippen molar-refractivity contribution in [1.82, 2.24) is 10.1 Å². The molecule has 0 aliphatic carbocycles. The summed E-state index contributed by atoms with van der Waals surface area (Å²) in [5.74, 6) is 1.09. The van der Waals surface area contributed by atoms with Crippen molar-refractivity contribution >= 4 is 17.3 Å². The van der Waals surface area contributed by atoms with Gasteiger partial charge >= 0.3 is 0 Å². The van der Waals surface area contributed by atoms with E-state index in [0.717, 1.165) is 0 Å². The second-order valence-corrected chi connectivity index (χ2v) is 4.97. The number of nitrogens with zero attached hydrogens (tertiary/aromatic N) is 2. The lowest BCUT2D eigenvalue weighted by Crippen LogP contribution is -2.10. The molecule has 1 aromatic carbocycles. The van der Waals surface area contributed by atoms with E-state index in [4.69, 9.17) is 26.6 Å². The number of methoxy groups -OCH3 is 1. The summed E-state index contributed by atoms with van der Waals surface area (Å²) >= 11 is 5.97. The van der Waals surface area contributed by atoms with Crippen LogP contribution in [-0.4, -0.2) is 17.3 Å². The summed E-state index contributed by atoms with van der Waals surface area (Å²) in [7, 11) is 1.62. The van der Waals surface area contributed by atoms with Gasteiger partial charge in [-0.2, -0.15) is 4.98 Å². The van der Waals surface area contributed by atoms with Crippen molar-refractivity contribution in [3.63, 3.8) is 0 Å². The van der Waals surface area contributed by atoms with Crippen LogP contribution in [-0.2, 0) is 4.74 Å². The van der Waals surface area contributed by atoms with Crippen LogP contribution in [0.15, 0.2) is 22.7 Å². The average molecular weight is 282 g/mol. The summed E-state index contributed by atoms with van der Waals surface area (Å²) in [6.45, 7) is 4.05. The molecule has 1 unspecified atom stereocenters. The Bertz CT molecular complexity index is 569. The molecule has 5 nitrogen and oxygen atoms in total. The van der Waals surface area contributed by atoms with Crippen LogP contribution >= 0.6 is 11.6 Å². The first-order valence-electron chi connectivity index (χ1n) is 5.95. The lowest BCUT2D eigenvalue weighted by Gasteiger charge is -2.14. The maximum Gasteiger partial charge on any atom is 0.260 e. The van der Waals surface area contributed by atoms with Gasteiger partial charge in [0.15, 0.2) is 0 Å². The molecule has 0 aliphatic heterocycles. The third-order valence-corrected chi connectivity index (χ3v) is 3.17. The summed E-state index contributed by atoms with van der Waals surface area (Å²) in [4.78, 5) is 4.33. The zero-order chi connectivity index (χ0) is 14.0. The second kappa shape index (κ2) is 5.59. The fourth-order valence-corrected chi connectivity index (χ4v) is 2.03. The van der Waals surface area contributed by atoms with Gasteiger partial charge in [0, 0.05) is 7.11 Å². The molecular formula is C13H16ClN3O2. The Labute approximate surface area is 116 Å². The molecule has 1 atom stereocenters. The maximum absolute atomic E-state index is 5.97. The van der Waals surface area contributed by atoms with Gasteiger partial charge in [0.25, 0.3) is 5.89 Å². The zero-order valence-corrected chi connectivity index (χ0v) is 11.8. The van der Waals surface area contributed by atoms with E-state index in [-0.39, 0.29) is 12.0 Å². The monoisotopic (exact) mass is 281 g/mol. The number of nitrogens with two attached hydrogens (primary N) is 1. The third-order valence-electron chi connectivity index (χ3n) is 2.84. The molecule has 0 bridgehead atoms. The van der Waals surface area contributed by atoms with E-state index in [0.29, 0.717) is 28.0 Å². The largest absolute Gasteiger partial charge is 0.397 e. The van der Waals surface area contributed by atoms with Gasteiger partial charge in [0.05, 0.1) is 16.3 Å². The lowest BCUT2D eigenvalue weighted by molar-refractivity contribution is 0.0556. The molecule has 19 heavy (non-hydrogen) atoms. The Hall–Kier alpha value is -1.59. The van der Waals surface area contributed by atoms with Crippen LogP contribution in [0.3, 0.4) is 0 Å². The van der Waals surface area contributed by atoms with E-state index in [1.807, 2.05) is 13.8 Å². The van der Waals surface area contributed by atoms with Gasteiger partial charge in [-0.15, -0.1) is 0 Å². The summed E-state index contributed by atoms with van der Waals surface area (Å²) in [5.41, 5.74) is 6.96. The average Bonchev–Trinajstić information content (AvgIpc) is 2.82. The van der Waals surface area contributed by atoms with E-state index in [1.165, 1.54) is 0 Å². The van der Waals surface area contributed by atoms with Crippen LogP contribution in [0.5, 0.6) is 0 Å². The van der Waals surface area contributed by atoms with Crippen LogP contribution in [0.1, 0.15) is 25.8 Å². The fraction of sp³-hybridized carbons (Fsp3) is 0.385. The topological polar surface area (TPSA) is 74.2 Å². The summed E-state index contributed by atoms with van der Waals surface area (Å²) in [5, 5.41) is 4.41. The van der Waals surface area contributed by atoms with Gasteiger partial charge in [-0.25, -0.2) is 0 Å². The Kier molecular flexibility index (Phi) is 4.07. The van der Waals surface area contributed by atoms with Crippen LogP contribution < -0.4 is 5.73 Å². The van der Waals surface area contributed by atoms with E-state index in [2.05, 4.69) is 10.1 Å². The van der Waals surface area contributed by atoms with Gasteiger partial charge in [0.2, 0.25) is 5.82 Å². The molecule has 0 saturated carbocycles. The molecule has 6 heteroatoms. The molecule has 2 N–H and O–H groups in total. The van der Waals surface area contributed by atoms with Crippen LogP contribution in [0.4, 0.5) is 5.69 Å². The van der Waals surface area contributed by atoms with E-state index in [9.17, 15) is 0 Å². The molecule has 0 radical (unpaired) electrons. The van der Waals surface area contributed by atoms with Crippen molar-refractivity contribution in [2.45, 2.75) is 20.0 Å². The van der Waals surface area contributed by atoms with Crippen LogP contribution in [0.2, 0.25) is 5.02 Å². The van der Waals surface area contributed by atoms with Crippen LogP contribution in [0.25, 0.3) is 11.5 Å². The van der Waals surface area contributed by atoms with Gasteiger partial charge in [-0.1, -0.05) is 36.7 Å². The normalized spacial score (nSPS) is 12.9. The van der Waals surface area contributed by atoms with Crippen molar-refractivity contribution in [2.75, 3.05) is 12.8 Å². The van der Waals surface area contributed by atoms with Gasteiger partial charge < -0.3 is 15.0 Å². The van der Waals surface area contributed by atoms with Crippen molar-refractivity contribution in [3.8, 4) is 11.5 Å². The molecular weight excluding hydrogens is 266 g/mol. The number of aromatic nitrogens is 2. The predicted molar refractivity (Wildman–Crippen MR) is 73.7 cm³/mol. The quantitative estimate of drug-likeness (QED) is 0.870. The minimum atomic E-state index is -0.210. The highest BCUT2D eigenvalue weighted by atomic mass is 35.5. The molecule has 1 aromatic heterocycles. The number of para-hydroxylation sites is 1. The second-order valence-electron chi connectivity index (χ2n) is 4.56. The van der Waals surface area contributed by atoms with Gasteiger partial charge in [-0.3, -0.25) is 0 Å². The number of hydrogen-bond donors (Lipinski definition) is 1. The SMILES string of the molecule is COC(c1noc(-c2cccc(Cl)c2N)n1)C(C)C. The van der Waals surface area contributed by atoms with Crippen molar-refractivity contribution < 1.29 is 9.26 Å². The molecule has 1 heterocycles. The molecule has 0 aliphatic rings. The highest BCUT2D eigenvalue weighted by Gasteiger charge is 2.22. The van der Waals surface area contributed by atoms with Gasteiger partial charge in [0.1, 0.15) is 6.10 Å². The van der Waals surface area contributed by atoms with Crippen molar-refractivity contribution in [3.05, 3.63) is 29.0 Å². The van der Waals surface area contributed by atoms with Gasteiger partial charge in [-0.05, 0) is 18.1 Å². The highest BCUT2D eigenvalue weighted by molar-refractivity contribution is 6.33. The number of benzene rings is 1. The minimum absolute atomic E-state index is 0.210.